The van der Waals surface area contributed by atoms with Gasteiger partial charge in [-0.2, -0.15) is 0 Å². The second-order valence-corrected chi connectivity index (χ2v) is 6.26. The first-order chi connectivity index (χ1) is 9.13. The molecule has 19 heavy (non-hydrogen) atoms. The molecule has 1 N–H and O–H groups in total. The third-order valence-electron chi connectivity index (χ3n) is 2.86. The highest BCUT2D eigenvalue weighted by Gasteiger charge is 2.11. The van der Waals surface area contributed by atoms with E-state index in [2.05, 4.69) is 36.3 Å². The fourth-order valence-electron chi connectivity index (χ4n) is 2.02. The Morgan fingerprint density at radius 1 is 1.32 bits per heavy atom. The quantitative estimate of drug-likeness (QED) is 0.918. The van der Waals surface area contributed by atoms with Crippen molar-refractivity contribution in [2.75, 3.05) is 12.3 Å². The first-order valence-electron chi connectivity index (χ1n) is 6.68. The topological polar surface area (TPSA) is 41.5 Å². The highest BCUT2D eigenvalue weighted by Crippen LogP contribution is 2.11. The molecular weight excluding hydrogens is 256 g/mol. The van der Waals surface area contributed by atoms with E-state index < -0.39 is 0 Å². The van der Waals surface area contributed by atoms with Crippen LogP contribution in [0.25, 0.3) is 0 Å². The lowest BCUT2D eigenvalue weighted by molar-refractivity contribution is -0.119. The molecule has 4 heteroatoms. The van der Waals surface area contributed by atoms with Gasteiger partial charge in [0.2, 0.25) is 5.91 Å². The molecule has 0 spiro atoms. The van der Waals surface area contributed by atoms with Gasteiger partial charge in [-0.1, -0.05) is 49.9 Å². The molecule has 0 saturated carbocycles. The summed E-state index contributed by atoms with van der Waals surface area (Å²) in [5, 5.41) is 3.61. The number of thioether (sulfide) groups is 1. The number of benzene rings is 1. The van der Waals surface area contributed by atoms with Crippen molar-refractivity contribution in [1.29, 1.82) is 0 Å². The van der Waals surface area contributed by atoms with Crippen LogP contribution in [0.2, 0.25) is 0 Å². The Bertz CT molecular complexity index is 466. The molecule has 2 rings (SSSR count). The van der Waals surface area contributed by atoms with Crippen molar-refractivity contribution in [1.82, 2.24) is 5.32 Å². The largest absolute Gasteiger partial charge is 0.305 e. The van der Waals surface area contributed by atoms with E-state index in [1.807, 2.05) is 12.1 Å². The second kappa shape index (κ2) is 6.75. The Kier molecular flexibility index (Phi) is 5.02. The molecule has 1 heterocycles. The smallest absolute Gasteiger partial charge is 0.230 e. The molecular formula is C15H20N2OS. The molecule has 0 aliphatic carbocycles. The predicted molar refractivity (Wildman–Crippen MR) is 81.6 cm³/mol. The van der Waals surface area contributed by atoms with Crippen LogP contribution in [0, 0.1) is 5.92 Å². The number of nitrogens with zero attached hydrogens (tertiary/aromatic N) is 1. The number of aliphatic imine (C=N–C) groups is 1. The van der Waals surface area contributed by atoms with Gasteiger partial charge in [-0.15, -0.1) is 0 Å². The summed E-state index contributed by atoms with van der Waals surface area (Å²) in [6.07, 6.45) is 1.50. The SMILES string of the molecule is CC(C)Cc1ccc(CC(=O)NC2=NCCS2)cc1. The van der Waals surface area contributed by atoms with Crippen LogP contribution < -0.4 is 5.32 Å². The third kappa shape index (κ3) is 4.71. The van der Waals surface area contributed by atoms with Crippen LogP contribution in [0.3, 0.4) is 0 Å². The summed E-state index contributed by atoms with van der Waals surface area (Å²) in [7, 11) is 0. The summed E-state index contributed by atoms with van der Waals surface area (Å²) in [5.41, 5.74) is 2.38. The van der Waals surface area contributed by atoms with Crippen LogP contribution in [0.1, 0.15) is 25.0 Å². The number of amides is 1. The van der Waals surface area contributed by atoms with Gasteiger partial charge in [0.1, 0.15) is 0 Å². The molecule has 3 nitrogen and oxygen atoms in total. The van der Waals surface area contributed by atoms with Crippen molar-refractivity contribution in [3.63, 3.8) is 0 Å². The van der Waals surface area contributed by atoms with Crippen LogP contribution in [-0.4, -0.2) is 23.4 Å². The van der Waals surface area contributed by atoms with Gasteiger partial charge in [-0.3, -0.25) is 9.79 Å². The molecule has 0 atom stereocenters. The first kappa shape index (κ1) is 14.1. The average molecular weight is 276 g/mol. The Hall–Kier alpha value is -1.29. The van der Waals surface area contributed by atoms with E-state index in [9.17, 15) is 4.79 Å². The molecule has 0 unspecified atom stereocenters. The van der Waals surface area contributed by atoms with Crippen molar-refractivity contribution in [3.8, 4) is 0 Å². The second-order valence-electron chi connectivity index (χ2n) is 5.17. The van der Waals surface area contributed by atoms with Gasteiger partial charge in [-0.05, 0) is 23.5 Å². The number of amidine groups is 1. The first-order valence-corrected chi connectivity index (χ1v) is 7.67. The fourth-order valence-corrected chi connectivity index (χ4v) is 2.77. The van der Waals surface area contributed by atoms with E-state index in [0.717, 1.165) is 29.4 Å². The van der Waals surface area contributed by atoms with E-state index in [1.165, 1.54) is 5.56 Å². The van der Waals surface area contributed by atoms with Crippen LogP contribution >= 0.6 is 11.8 Å². The monoisotopic (exact) mass is 276 g/mol. The summed E-state index contributed by atoms with van der Waals surface area (Å²) in [6, 6.07) is 8.32. The standard InChI is InChI=1S/C15H20N2OS/c1-11(2)9-12-3-5-13(6-4-12)10-14(18)17-15-16-7-8-19-15/h3-6,11H,7-10H2,1-2H3,(H,16,17,18). The van der Waals surface area contributed by atoms with Gasteiger partial charge in [-0.25, -0.2) is 0 Å². The van der Waals surface area contributed by atoms with Gasteiger partial charge in [0.15, 0.2) is 5.17 Å². The van der Waals surface area contributed by atoms with Gasteiger partial charge >= 0.3 is 0 Å². The maximum absolute atomic E-state index is 11.8. The van der Waals surface area contributed by atoms with Crippen molar-refractivity contribution in [2.45, 2.75) is 26.7 Å². The van der Waals surface area contributed by atoms with Crippen LogP contribution in [-0.2, 0) is 17.6 Å². The van der Waals surface area contributed by atoms with Crippen LogP contribution in [0.4, 0.5) is 0 Å². The molecule has 0 bridgehead atoms. The van der Waals surface area contributed by atoms with Crippen molar-refractivity contribution < 1.29 is 4.79 Å². The van der Waals surface area contributed by atoms with E-state index in [0.29, 0.717) is 12.3 Å². The summed E-state index contributed by atoms with van der Waals surface area (Å²) >= 11 is 1.61. The fraction of sp³-hybridized carbons (Fsp3) is 0.467. The van der Waals surface area contributed by atoms with Crippen LogP contribution in [0.5, 0.6) is 0 Å². The Morgan fingerprint density at radius 3 is 2.58 bits per heavy atom. The van der Waals surface area contributed by atoms with Gasteiger partial charge in [0.25, 0.3) is 0 Å². The summed E-state index contributed by atoms with van der Waals surface area (Å²) < 4.78 is 0. The Morgan fingerprint density at radius 2 is 2.00 bits per heavy atom. The van der Waals surface area contributed by atoms with Gasteiger partial charge < -0.3 is 5.32 Å². The number of nitrogens with one attached hydrogen (secondary N) is 1. The number of carbonyl (C=O) groups excluding carboxylic acids is 1. The molecule has 1 amide bonds. The van der Waals surface area contributed by atoms with E-state index in [1.54, 1.807) is 11.8 Å². The van der Waals surface area contributed by atoms with Crippen molar-refractivity contribution in [2.24, 2.45) is 10.9 Å². The van der Waals surface area contributed by atoms with Crippen molar-refractivity contribution in [3.05, 3.63) is 35.4 Å². The van der Waals surface area contributed by atoms with E-state index >= 15 is 0 Å². The zero-order valence-corrected chi connectivity index (χ0v) is 12.3. The average Bonchev–Trinajstić information content (AvgIpc) is 2.83. The van der Waals surface area contributed by atoms with Gasteiger partial charge in [0.05, 0.1) is 13.0 Å². The highest BCUT2D eigenvalue weighted by atomic mass is 32.2. The summed E-state index contributed by atoms with van der Waals surface area (Å²) in [5.74, 6) is 1.65. The van der Waals surface area contributed by atoms with Crippen LogP contribution in [0.15, 0.2) is 29.3 Å². The summed E-state index contributed by atoms with van der Waals surface area (Å²) in [4.78, 5) is 16.0. The molecule has 1 aromatic rings. The minimum absolute atomic E-state index is 0.0183. The van der Waals surface area contributed by atoms with E-state index in [-0.39, 0.29) is 5.91 Å². The molecule has 1 aliphatic rings. The maximum Gasteiger partial charge on any atom is 0.230 e. The zero-order chi connectivity index (χ0) is 13.7. The minimum atomic E-state index is 0.0183. The summed E-state index contributed by atoms with van der Waals surface area (Å²) in [6.45, 7) is 5.23. The normalized spacial score (nSPS) is 14.6. The zero-order valence-electron chi connectivity index (χ0n) is 11.5. The minimum Gasteiger partial charge on any atom is -0.305 e. The molecule has 0 radical (unpaired) electrons. The highest BCUT2D eigenvalue weighted by molar-refractivity contribution is 8.14. The molecule has 0 fully saturated rings. The third-order valence-corrected chi connectivity index (χ3v) is 3.75. The maximum atomic E-state index is 11.8. The van der Waals surface area contributed by atoms with Crippen molar-refractivity contribution >= 4 is 22.8 Å². The molecule has 102 valence electrons. The Balaban J connectivity index is 1.86. The molecule has 0 saturated heterocycles. The van der Waals surface area contributed by atoms with Gasteiger partial charge in [0, 0.05) is 5.75 Å². The molecule has 1 aromatic carbocycles. The number of rotatable bonds is 4. The predicted octanol–water partition coefficient (Wildman–Crippen LogP) is 2.65. The lowest BCUT2D eigenvalue weighted by Crippen LogP contribution is -2.28. The lowest BCUT2D eigenvalue weighted by Gasteiger charge is -2.07. The molecule has 1 aliphatic heterocycles. The lowest BCUT2D eigenvalue weighted by atomic mass is 10.0. The van der Waals surface area contributed by atoms with E-state index in [4.69, 9.17) is 0 Å². The molecule has 0 aromatic heterocycles. The number of carbonyl (C=O) groups is 1. The Labute approximate surface area is 118 Å². The number of hydrogen-bond acceptors (Lipinski definition) is 3. The number of hydrogen-bond donors (Lipinski definition) is 1.